The Labute approximate surface area is 198 Å². The van der Waals surface area contributed by atoms with Gasteiger partial charge in [0.15, 0.2) is 0 Å². The quantitative estimate of drug-likeness (QED) is 0.603. The first-order valence-electron chi connectivity index (χ1n) is 11.8. The molecule has 1 aliphatic heterocycles. The fourth-order valence-corrected chi connectivity index (χ4v) is 5.78. The molecule has 1 atom stereocenters. The number of ether oxygens (including phenoxy) is 1. The number of nitrogens with zero attached hydrogens (tertiary/aromatic N) is 1. The van der Waals surface area contributed by atoms with Gasteiger partial charge in [0.25, 0.3) is 5.91 Å². The van der Waals surface area contributed by atoms with Crippen molar-refractivity contribution in [1.82, 2.24) is 9.62 Å². The van der Waals surface area contributed by atoms with E-state index in [-0.39, 0.29) is 23.4 Å². The molecule has 2 saturated carbocycles. The third-order valence-corrected chi connectivity index (χ3v) is 8.45. The van der Waals surface area contributed by atoms with Crippen LogP contribution in [0.1, 0.15) is 65.9 Å². The zero-order chi connectivity index (χ0) is 23.9. The van der Waals surface area contributed by atoms with E-state index in [1.807, 2.05) is 4.72 Å². The first-order chi connectivity index (χ1) is 16.3. The van der Waals surface area contributed by atoms with Gasteiger partial charge in [-0.25, -0.2) is 21.9 Å². The molecule has 2 aromatic rings. The number of hydrogen-bond acceptors (Lipinski definition) is 5. The Bertz CT molecular complexity index is 1180. The van der Waals surface area contributed by atoms with E-state index in [9.17, 15) is 22.0 Å². The van der Waals surface area contributed by atoms with Gasteiger partial charge in [-0.15, -0.1) is 0 Å². The summed E-state index contributed by atoms with van der Waals surface area (Å²) in [4.78, 5) is 14.8. The van der Waals surface area contributed by atoms with Crippen molar-refractivity contribution >= 4 is 15.9 Å². The van der Waals surface area contributed by atoms with Crippen LogP contribution in [0.15, 0.2) is 36.4 Å². The van der Waals surface area contributed by atoms with Gasteiger partial charge in [-0.2, -0.15) is 0 Å². The number of rotatable bonds is 8. The lowest BCUT2D eigenvalue weighted by molar-refractivity contribution is 0.0832. The van der Waals surface area contributed by atoms with E-state index in [0.717, 1.165) is 43.4 Å². The molecule has 0 spiro atoms. The van der Waals surface area contributed by atoms with Crippen LogP contribution in [0.4, 0.5) is 8.78 Å². The standard InChI is InChI=1S/C25H28F2N2O4S/c26-18-7-3-16(4-8-18)14-29-11-1-2-19(15-29)33-24-13-23(27)22(12-21(24)17-5-6-17)25(30)28-34(31,32)20-9-10-20/h3-4,7-8,12-13,17,19-20H,1-2,5-6,9-11,14-15H2,(H,28,30). The number of benzene rings is 2. The molecule has 6 nitrogen and oxygen atoms in total. The van der Waals surface area contributed by atoms with Gasteiger partial charge in [-0.05, 0) is 80.3 Å². The Hall–Kier alpha value is -2.52. The number of likely N-dealkylation sites (tertiary alicyclic amines) is 1. The highest BCUT2D eigenvalue weighted by Crippen LogP contribution is 2.45. The van der Waals surface area contributed by atoms with Gasteiger partial charge in [-0.1, -0.05) is 12.1 Å². The molecule has 0 radical (unpaired) electrons. The second-order valence-electron chi connectivity index (χ2n) is 9.56. The molecule has 9 heteroatoms. The molecule has 2 aromatic carbocycles. The first-order valence-corrected chi connectivity index (χ1v) is 13.4. The molecule has 2 aliphatic carbocycles. The zero-order valence-electron chi connectivity index (χ0n) is 18.8. The molecular weight excluding hydrogens is 462 g/mol. The van der Waals surface area contributed by atoms with Crippen molar-refractivity contribution in [1.29, 1.82) is 0 Å². The predicted octanol–water partition coefficient (Wildman–Crippen LogP) is 4.11. The minimum Gasteiger partial charge on any atom is -0.489 e. The maximum atomic E-state index is 14.9. The largest absolute Gasteiger partial charge is 0.489 e. The third kappa shape index (κ3) is 5.41. The van der Waals surface area contributed by atoms with Gasteiger partial charge in [0.2, 0.25) is 10.0 Å². The van der Waals surface area contributed by atoms with Crippen LogP contribution in [-0.4, -0.2) is 43.7 Å². The van der Waals surface area contributed by atoms with Crippen LogP contribution < -0.4 is 9.46 Å². The second kappa shape index (κ2) is 9.26. The molecule has 1 saturated heterocycles. The maximum absolute atomic E-state index is 14.9. The molecule has 0 aromatic heterocycles. The van der Waals surface area contributed by atoms with Gasteiger partial charge >= 0.3 is 0 Å². The van der Waals surface area contributed by atoms with Crippen LogP contribution in [0, 0.1) is 11.6 Å². The molecule has 0 bridgehead atoms. The summed E-state index contributed by atoms with van der Waals surface area (Å²) in [6.45, 7) is 2.24. The van der Waals surface area contributed by atoms with Crippen molar-refractivity contribution in [3.05, 3.63) is 64.7 Å². The molecule has 5 rings (SSSR count). The molecule has 1 N–H and O–H groups in total. The van der Waals surface area contributed by atoms with Crippen LogP contribution in [-0.2, 0) is 16.6 Å². The molecule has 3 fully saturated rings. The SMILES string of the molecule is O=C(NS(=O)(=O)C1CC1)c1cc(C2CC2)c(OC2CCCN(Cc3ccc(F)cc3)C2)cc1F. The fourth-order valence-electron chi connectivity index (χ4n) is 4.49. The van der Waals surface area contributed by atoms with Crippen LogP contribution in [0.5, 0.6) is 5.75 Å². The first kappa shape index (κ1) is 23.2. The summed E-state index contributed by atoms with van der Waals surface area (Å²) in [7, 11) is -3.76. The van der Waals surface area contributed by atoms with Gasteiger partial charge in [0.1, 0.15) is 23.5 Å². The monoisotopic (exact) mass is 490 g/mol. The molecule has 1 amide bonds. The lowest BCUT2D eigenvalue weighted by Crippen LogP contribution is -2.40. The zero-order valence-corrected chi connectivity index (χ0v) is 19.6. The summed E-state index contributed by atoms with van der Waals surface area (Å²) >= 11 is 0. The van der Waals surface area contributed by atoms with Gasteiger partial charge in [-0.3, -0.25) is 9.69 Å². The Balaban J connectivity index is 1.29. The van der Waals surface area contributed by atoms with Crippen molar-refractivity contribution in [3.63, 3.8) is 0 Å². The van der Waals surface area contributed by atoms with Crippen LogP contribution in [0.3, 0.4) is 0 Å². The lowest BCUT2D eigenvalue weighted by Gasteiger charge is -2.33. The number of carbonyl (C=O) groups is 1. The van der Waals surface area contributed by atoms with Gasteiger partial charge < -0.3 is 4.74 Å². The average molecular weight is 491 g/mol. The summed E-state index contributed by atoms with van der Waals surface area (Å²) in [5.41, 5.74) is 1.51. The highest BCUT2D eigenvalue weighted by molar-refractivity contribution is 7.91. The summed E-state index contributed by atoms with van der Waals surface area (Å²) in [5, 5.41) is -0.561. The van der Waals surface area contributed by atoms with E-state index in [1.54, 1.807) is 12.1 Å². The summed E-state index contributed by atoms with van der Waals surface area (Å²) < 4.78 is 60.6. The van der Waals surface area contributed by atoms with Gasteiger partial charge in [0.05, 0.1) is 10.8 Å². The highest BCUT2D eigenvalue weighted by Gasteiger charge is 2.38. The molecule has 1 unspecified atom stereocenters. The number of carbonyl (C=O) groups excluding carboxylic acids is 1. The van der Waals surface area contributed by atoms with E-state index >= 15 is 0 Å². The van der Waals surface area contributed by atoms with Crippen LogP contribution in [0.25, 0.3) is 0 Å². The normalized spacial score (nSPS) is 21.3. The number of amides is 1. The minimum absolute atomic E-state index is 0.138. The maximum Gasteiger partial charge on any atom is 0.267 e. The lowest BCUT2D eigenvalue weighted by atomic mass is 10.0. The molecule has 34 heavy (non-hydrogen) atoms. The van der Waals surface area contributed by atoms with E-state index in [4.69, 9.17) is 4.74 Å². The second-order valence-corrected chi connectivity index (χ2v) is 11.5. The number of halogens is 2. The predicted molar refractivity (Wildman–Crippen MR) is 123 cm³/mol. The van der Waals surface area contributed by atoms with E-state index in [1.165, 1.54) is 24.3 Å². The molecule has 3 aliphatic rings. The minimum atomic E-state index is -3.76. The van der Waals surface area contributed by atoms with Crippen molar-refractivity contribution in [2.24, 2.45) is 0 Å². The Morgan fingerprint density at radius 3 is 2.47 bits per heavy atom. The van der Waals surface area contributed by atoms with Crippen LogP contribution in [0.2, 0.25) is 0 Å². The number of nitrogens with one attached hydrogen (secondary N) is 1. The van der Waals surface area contributed by atoms with Crippen LogP contribution >= 0.6 is 0 Å². The summed E-state index contributed by atoms with van der Waals surface area (Å²) in [6.07, 6.45) is 4.49. The fraction of sp³-hybridized carbons (Fsp3) is 0.480. The summed E-state index contributed by atoms with van der Waals surface area (Å²) in [6, 6.07) is 9.13. The summed E-state index contributed by atoms with van der Waals surface area (Å²) in [5.74, 6) is -1.38. The van der Waals surface area contributed by atoms with E-state index < -0.39 is 27.0 Å². The van der Waals surface area contributed by atoms with E-state index in [0.29, 0.717) is 31.7 Å². The van der Waals surface area contributed by atoms with Crippen molar-refractivity contribution < 1.29 is 26.7 Å². The Morgan fingerprint density at radius 2 is 1.79 bits per heavy atom. The van der Waals surface area contributed by atoms with E-state index in [2.05, 4.69) is 4.90 Å². The third-order valence-electron chi connectivity index (χ3n) is 6.63. The average Bonchev–Trinajstić information content (AvgIpc) is 3.68. The van der Waals surface area contributed by atoms with Gasteiger partial charge in [0, 0.05) is 19.2 Å². The van der Waals surface area contributed by atoms with Crippen molar-refractivity contribution in [2.75, 3.05) is 13.1 Å². The smallest absolute Gasteiger partial charge is 0.267 e. The highest BCUT2D eigenvalue weighted by atomic mass is 32.2. The molecular formula is C25H28F2N2O4S. The molecule has 1 heterocycles. The molecule has 182 valence electrons. The Morgan fingerprint density at radius 1 is 1.06 bits per heavy atom. The topological polar surface area (TPSA) is 75.7 Å². The van der Waals surface area contributed by atoms with Crippen molar-refractivity contribution in [3.8, 4) is 5.75 Å². The number of piperidine rings is 1. The number of hydrogen-bond donors (Lipinski definition) is 1. The number of sulfonamides is 1. The van der Waals surface area contributed by atoms with Crippen molar-refractivity contribution in [2.45, 2.75) is 62.3 Å². The Kier molecular flexibility index (Phi) is 6.33.